The van der Waals surface area contributed by atoms with E-state index in [1.165, 1.54) is 0 Å². The predicted molar refractivity (Wildman–Crippen MR) is 59.7 cm³/mol. The molecule has 1 N–H and O–H groups in total. The van der Waals surface area contributed by atoms with Crippen molar-refractivity contribution >= 4 is 27.7 Å². The molecule has 2 rings (SSSR count). The van der Waals surface area contributed by atoms with Crippen molar-refractivity contribution in [3.05, 3.63) is 0 Å². The van der Waals surface area contributed by atoms with E-state index in [1.54, 1.807) is 0 Å². The van der Waals surface area contributed by atoms with Crippen molar-refractivity contribution < 1.29 is 9.59 Å². The number of piperidine rings is 1. The Morgan fingerprint density at radius 3 is 2.87 bits per heavy atom. The summed E-state index contributed by atoms with van der Waals surface area (Å²) in [6.45, 7) is 1.50. The number of nitrogens with one attached hydrogen (secondary N) is 1. The molecule has 2 amide bonds. The highest BCUT2D eigenvalue weighted by Gasteiger charge is 2.30. The van der Waals surface area contributed by atoms with E-state index >= 15 is 0 Å². The highest BCUT2D eigenvalue weighted by atomic mass is 79.9. The summed E-state index contributed by atoms with van der Waals surface area (Å²) in [6.07, 6.45) is 3.43. The molecular formula is C10H15BrN2O2. The number of halogens is 1. The van der Waals surface area contributed by atoms with Crippen molar-refractivity contribution in [3.8, 4) is 0 Å². The van der Waals surface area contributed by atoms with Crippen molar-refractivity contribution in [2.24, 2.45) is 0 Å². The van der Waals surface area contributed by atoms with Gasteiger partial charge in [-0.15, -0.1) is 0 Å². The summed E-state index contributed by atoms with van der Waals surface area (Å²) < 4.78 is 0. The molecule has 0 aromatic carbocycles. The number of amides is 2. The summed E-state index contributed by atoms with van der Waals surface area (Å²) in [6, 6.07) is 0.166. The van der Waals surface area contributed by atoms with Crippen LogP contribution in [-0.4, -0.2) is 40.7 Å². The molecule has 5 heteroatoms. The Hall–Kier alpha value is -0.580. The molecule has 0 aromatic rings. The number of rotatable bonds is 2. The van der Waals surface area contributed by atoms with E-state index in [2.05, 4.69) is 21.2 Å². The standard InChI is InChI=1S/C10H15BrN2O2/c11-8-2-1-5-13(10(8)15)6-7-3-4-9(14)12-7/h7-8H,1-6H2,(H,12,14). The first-order valence-corrected chi connectivity index (χ1v) is 6.30. The van der Waals surface area contributed by atoms with Gasteiger partial charge in [0.05, 0.1) is 4.83 Å². The zero-order chi connectivity index (χ0) is 10.8. The lowest BCUT2D eigenvalue weighted by atomic mass is 10.1. The Labute approximate surface area is 97.5 Å². The van der Waals surface area contributed by atoms with Crippen LogP contribution in [0.5, 0.6) is 0 Å². The van der Waals surface area contributed by atoms with Gasteiger partial charge in [-0.05, 0) is 19.3 Å². The average molecular weight is 275 g/mol. The molecule has 2 fully saturated rings. The van der Waals surface area contributed by atoms with Crippen LogP contribution in [0.4, 0.5) is 0 Å². The fourth-order valence-electron chi connectivity index (χ4n) is 2.15. The van der Waals surface area contributed by atoms with E-state index < -0.39 is 0 Å². The quantitative estimate of drug-likeness (QED) is 0.752. The maximum atomic E-state index is 11.8. The van der Waals surface area contributed by atoms with Crippen LogP contribution in [0.25, 0.3) is 0 Å². The third kappa shape index (κ3) is 2.51. The maximum absolute atomic E-state index is 11.8. The molecule has 2 saturated heterocycles. The van der Waals surface area contributed by atoms with Gasteiger partial charge in [0, 0.05) is 25.6 Å². The molecule has 0 radical (unpaired) electrons. The number of hydrogen-bond acceptors (Lipinski definition) is 2. The zero-order valence-electron chi connectivity index (χ0n) is 8.54. The average Bonchev–Trinajstić information content (AvgIpc) is 2.59. The Morgan fingerprint density at radius 2 is 2.20 bits per heavy atom. The number of carbonyl (C=O) groups excluding carboxylic acids is 2. The van der Waals surface area contributed by atoms with Gasteiger partial charge < -0.3 is 10.2 Å². The number of likely N-dealkylation sites (tertiary alicyclic amines) is 1. The Bertz CT molecular complexity index is 283. The van der Waals surface area contributed by atoms with Crippen LogP contribution in [0.1, 0.15) is 25.7 Å². The maximum Gasteiger partial charge on any atom is 0.236 e. The van der Waals surface area contributed by atoms with E-state index in [4.69, 9.17) is 0 Å². The molecule has 0 bridgehead atoms. The minimum absolute atomic E-state index is 0.0247. The van der Waals surface area contributed by atoms with Crippen LogP contribution in [0, 0.1) is 0 Å². The van der Waals surface area contributed by atoms with E-state index in [0.717, 1.165) is 25.8 Å². The molecule has 2 heterocycles. The van der Waals surface area contributed by atoms with Gasteiger partial charge in [0.15, 0.2) is 0 Å². The van der Waals surface area contributed by atoms with Crippen LogP contribution in [0.2, 0.25) is 0 Å². The number of alkyl halides is 1. The summed E-state index contributed by atoms with van der Waals surface area (Å²) in [4.78, 5) is 24.6. The van der Waals surface area contributed by atoms with Gasteiger partial charge in [-0.2, -0.15) is 0 Å². The van der Waals surface area contributed by atoms with Crippen molar-refractivity contribution in [2.75, 3.05) is 13.1 Å². The second kappa shape index (κ2) is 4.51. The van der Waals surface area contributed by atoms with Gasteiger partial charge in [-0.3, -0.25) is 9.59 Å². The third-order valence-corrected chi connectivity index (χ3v) is 3.84. The number of hydrogen-bond donors (Lipinski definition) is 1. The van der Waals surface area contributed by atoms with Crippen LogP contribution in [-0.2, 0) is 9.59 Å². The second-order valence-electron chi connectivity index (χ2n) is 4.20. The summed E-state index contributed by atoms with van der Waals surface area (Å²) >= 11 is 3.38. The van der Waals surface area contributed by atoms with Crippen molar-refractivity contribution in [3.63, 3.8) is 0 Å². The molecule has 0 aliphatic carbocycles. The molecule has 2 aliphatic heterocycles. The first kappa shape index (κ1) is 10.9. The highest BCUT2D eigenvalue weighted by molar-refractivity contribution is 9.10. The molecule has 4 nitrogen and oxygen atoms in total. The predicted octanol–water partition coefficient (Wildman–Crippen LogP) is 0.651. The second-order valence-corrected chi connectivity index (χ2v) is 5.30. The Morgan fingerprint density at radius 1 is 1.40 bits per heavy atom. The fourth-order valence-corrected chi connectivity index (χ4v) is 2.77. The molecule has 2 aliphatic rings. The van der Waals surface area contributed by atoms with Gasteiger partial charge in [0.1, 0.15) is 0 Å². The van der Waals surface area contributed by atoms with Crippen LogP contribution in [0.3, 0.4) is 0 Å². The molecule has 15 heavy (non-hydrogen) atoms. The third-order valence-electron chi connectivity index (χ3n) is 2.99. The van der Waals surface area contributed by atoms with E-state index in [9.17, 15) is 9.59 Å². The van der Waals surface area contributed by atoms with Crippen LogP contribution in [0.15, 0.2) is 0 Å². The lowest BCUT2D eigenvalue weighted by molar-refractivity contribution is -0.133. The molecular weight excluding hydrogens is 260 g/mol. The van der Waals surface area contributed by atoms with Crippen LogP contribution < -0.4 is 5.32 Å². The summed E-state index contributed by atoms with van der Waals surface area (Å²) in [5.41, 5.74) is 0. The smallest absolute Gasteiger partial charge is 0.236 e. The lowest BCUT2D eigenvalue weighted by Crippen LogP contribution is -2.47. The summed E-state index contributed by atoms with van der Waals surface area (Å²) in [5.74, 6) is 0.280. The van der Waals surface area contributed by atoms with E-state index in [-0.39, 0.29) is 22.7 Å². The lowest BCUT2D eigenvalue weighted by Gasteiger charge is -2.31. The zero-order valence-corrected chi connectivity index (χ0v) is 10.1. The molecule has 0 aromatic heterocycles. The normalized spacial score (nSPS) is 31.9. The molecule has 0 saturated carbocycles. The number of nitrogens with zero attached hydrogens (tertiary/aromatic N) is 1. The Kier molecular flexibility index (Phi) is 3.29. The largest absolute Gasteiger partial charge is 0.352 e. The fraction of sp³-hybridized carbons (Fsp3) is 0.800. The molecule has 2 unspecified atom stereocenters. The van der Waals surface area contributed by atoms with Gasteiger partial charge in [-0.25, -0.2) is 0 Å². The van der Waals surface area contributed by atoms with Gasteiger partial charge in [0.2, 0.25) is 11.8 Å². The van der Waals surface area contributed by atoms with Crippen molar-refractivity contribution in [1.29, 1.82) is 0 Å². The van der Waals surface area contributed by atoms with E-state index in [1.807, 2.05) is 4.90 Å². The molecule has 0 spiro atoms. The molecule has 2 atom stereocenters. The van der Waals surface area contributed by atoms with Gasteiger partial charge >= 0.3 is 0 Å². The topological polar surface area (TPSA) is 49.4 Å². The first-order chi connectivity index (χ1) is 7.16. The summed E-state index contributed by atoms with van der Waals surface area (Å²) in [5, 5.41) is 2.89. The monoisotopic (exact) mass is 274 g/mol. The molecule has 84 valence electrons. The first-order valence-electron chi connectivity index (χ1n) is 5.39. The number of carbonyl (C=O) groups is 2. The minimum atomic E-state index is -0.0247. The minimum Gasteiger partial charge on any atom is -0.352 e. The van der Waals surface area contributed by atoms with E-state index in [0.29, 0.717) is 13.0 Å². The summed E-state index contributed by atoms with van der Waals surface area (Å²) in [7, 11) is 0. The van der Waals surface area contributed by atoms with Crippen molar-refractivity contribution in [1.82, 2.24) is 10.2 Å². The van der Waals surface area contributed by atoms with Gasteiger partial charge in [-0.1, -0.05) is 15.9 Å². The van der Waals surface area contributed by atoms with Gasteiger partial charge in [0.25, 0.3) is 0 Å². The van der Waals surface area contributed by atoms with Crippen molar-refractivity contribution in [2.45, 2.75) is 36.6 Å². The highest BCUT2D eigenvalue weighted by Crippen LogP contribution is 2.19. The Balaban J connectivity index is 1.88. The SMILES string of the molecule is O=C1CCC(CN2CCCC(Br)C2=O)N1. The van der Waals surface area contributed by atoms with Crippen LogP contribution >= 0.6 is 15.9 Å².